The fraction of sp³-hybridized carbons (Fsp3) is 0.400. The summed E-state index contributed by atoms with van der Waals surface area (Å²) < 4.78 is 0.798. The third kappa shape index (κ3) is 3.11. The summed E-state index contributed by atoms with van der Waals surface area (Å²) in [6, 6.07) is 5.25. The molecule has 0 saturated heterocycles. The minimum atomic E-state index is -0.509. The van der Waals surface area contributed by atoms with Crippen LogP contribution in [0, 0.1) is 3.57 Å². The summed E-state index contributed by atoms with van der Waals surface area (Å²) in [6.07, 6.45) is 0.140. The summed E-state index contributed by atoms with van der Waals surface area (Å²) in [5, 5.41) is 22.1. The van der Waals surface area contributed by atoms with Crippen LogP contribution in [0.2, 0.25) is 0 Å². The van der Waals surface area contributed by atoms with Crippen molar-refractivity contribution < 1.29 is 10.2 Å². The van der Waals surface area contributed by atoms with Crippen molar-refractivity contribution in [1.82, 2.24) is 5.32 Å². The number of aromatic hydroxyl groups is 1. The van der Waals surface area contributed by atoms with Gasteiger partial charge in [0.1, 0.15) is 5.75 Å². The number of nitrogens with one attached hydrogen (secondary N) is 1. The molecule has 0 amide bonds. The Bertz CT molecular complexity index is 304. The molecule has 3 nitrogen and oxygen atoms in total. The van der Waals surface area contributed by atoms with E-state index in [9.17, 15) is 10.2 Å². The Morgan fingerprint density at radius 3 is 2.79 bits per heavy atom. The quantitative estimate of drug-likeness (QED) is 0.741. The summed E-state index contributed by atoms with van der Waals surface area (Å²) in [5.41, 5.74) is 0.762. The van der Waals surface area contributed by atoms with Crippen LogP contribution < -0.4 is 5.32 Å². The van der Waals surface area contributed by atoms with Crippen molar-refractivity contribution in [3.05, 3.63) is 27.3 Å². The van der Waals surface area contributed by atoms with Crippen LogP contribution in [0.3, 0.4) is 0 Å². The van der Waals surface area contributed by atoms with Gasteiger partial charge in [0, 0.05) is 0 Å². The Kier molecular flexibility index (Phi) is 4.64. The van der Waals surface area contributed by atoms with Gasteiger partial charge in [-0.2, -0.15) is 0 Å². The molecule has 0 fully saturated rings. The predicted molar refractivity (Wildman–Crippen MR) is 64.3 cm³/mol. The van der Waals surface area contributed by atoms with Crippen LogP contribution in [-0.2, 0) is 0 Å². The van der Waals surface area contributed by atoms with Gasteiger partial charge in [0.25, 0.3) is 0 Å². The number of phenols is 1. The first-order valence-corrected chi connectivity index (χ1v) is 5.54. The zero-order chi connectivity index (χ0) is 10.6. The molecule has 0 spiro atoms. The van der Waals surface area contributed by atoms with E-state index in [1.54, 1.807) is 12.1 Å². The first-order chi connectivity index (χ1) is 6.65. The van der Waals surface area contributed by atoms with E-state index in [0.717, 1.165) is 15.7 Å². The number of aliphatic hydroxyl groups is 1. The number of rotatable bonds is 4. The van der Waals surface area contributed by atoms with E-state index in [-0.39, 0.29) is 5.75 Å². The number of aliphatic hydroxyl groups excluding tert-OH is 1. The number of halogens is 1. The molecule has 0 heterocycles. The fourth-order valence-electron chi connectivity index (χ4n) is 1.18. The second kappa shape index (κ2) is 5.53. The van der Waals surface area contributed by atoms with Crippen molar-refractivity contribution in [2.45, 2.75) is 12.5 Å². The standard InChI is InChI=1S/C10H14INO2/c1-12-5-4-9(13)7-2-3-8(11)10(14)6-7/h2-3,6,9,12-14H,4-5H2,1H3. The maximum absolute atomic E-state index is 9.71. The average Bonchev–Trinajstić information content (AvgIpc) is 2.18. The topological polar surface area (TPSA) is 52.5 Å². The Balaban J connectivity index is 2.70. The average molecular weight is 307 g/mol. The predicted octanol–water partition coefficient (Wildman–Crippen LogP) is 1.64. The molecule has 1 unspecified atom stereocenters. The third-order valence-corrected chi connectivity index (χ3v) is 2.93. The SMILES string of the molecule is CNCCC(O)c1ccc(I)c(O)c1. The molecular formula is C10H14INO2. The van der Waals surface area contributed by atoms with Gasteiger partial charge in [-0.05, 0) is 60.3 Å². The monoisotopic (exact) mass is 307 g/mol. The van der Waals surface area contributed by atoms with Crippen molar-refractivity contribution in [2.24, 2.45) is 0 Å². The molecule has 1 atom stereocenters. The molecule has 78 valence electrons. The molecule has 1 aromatic rings. The largest absolute Gasteiger partial charge is 0.507 e. The van der Waals surface area contributed by atoms with Crippen molar-refractivity contribution >= 4 is 22.6 Å². The summed E-state index contributed by atoms with van der Waals surface area (Å²) in [5.74, 6) is 0.228. The van der Waals surface area contributed by atoms with E-state index in [2.05, 4.69) is 5.32 Å². The molecule has 0 radical (unpaired) electrons. The maximum Gasteiger partial charge on any atom is 0.129 e. The van der Waals surface area contributed by atoms with Crippen molar-refractivity contribution in [3.8, 4) is 5.75 Å². The lowest BCUT2D eigenvalue weighted by molar-refractivity contribution is 0.167. The lowest BCUT2D eigenvalue weighted by Crippen LogP contribution is -2.11. The van der Waals surface area contributed by atoms with Crippen LogP contribution in [-0.4, -0.2) is 23.8 Å². The molecule has 0 aliphatic rings. The number of benzene rings is 1. The highest BCUT2D eigenvalue weighted by molar-refractivity contribution is 14.1. The normalized spacial score (nSPS) is 12.8. The number of hydrogen-bond donors (Lipinski definition) is 3. The van der Waals surface area contributed by atoms with Crippen LogP contribution in [0.4, 0.5) is 0 Å². The molecule has 1 rings (SSSR count). The summed E-state index contributed by atoms with van der Waals surface area (Å²) in [6.45, 7) is 0.758. The fourth-order valence-corrected chi connectivity index (χ4v) is 1.52. The van der Waals surface area contributed by atoms with Crippen LogP contribution in [0.25, 0.3) is 0 Å². The lowest BCUT2D eigenvalue weighted by Gasteiger charge is -2.11. The van der Waals surface area contributed by atoms with Crippen LogP contribution >= 0.6 is 22.6 Å². The minimum Gasteiger partial charge on any atom is -0.507 e. The van der Waals surface area contributed by atoms with Gasteiger partial charge in [0.2, 0.25) is 0 Å². The molecule has 0 saturated carbocycles. The summed E-state index contributed by atoms with van der Waals surface area (Å²) >= 11 is 2.05. The highest BCUT2D eigenvalue weighted by Crippen LogP contribution is 2.25. The van der Waals surface area contributed by atoms with E-state index in [0.29, 0.717) is 6.42 Å². The highest BCUT2D eigenvalue weighted by atomic mass is 127. The maximum atomic E-state index is 9.71. The molecule has 3 N–H and O–H groups in total. The van der Waals surface area contributed by atoms with Gasteiger partial charge in [0.05, 0.1) is 9.67 Å². The molecule has 0 aliphatic carbocycles. The minimum absolute atomic E-state index is 0.228. The van der Waals surface area contributed by atoms with Gasteiger partial charge < -0.3 is 15.5 Å². The molecule has 0 bridgehead atoms. The molecular weight excluding hydrogens is 293 g/mol. The van der Waals surface area contributed by atoms with Crippen LogP contribution in [0.5, 0.6) is 5.75 Å². The zero-order valence-corrected chi connectivity index (χ0v) is 10.2. The van der Waals surface area contributed by atoms with E-state index in [1.807, 2.05) is 35.7 Å². The van der Waals surface area contributed by atoms with Gasteiger partial charge in [-0.25, -0.2) is 0 Å². The zero-order valence-electron chi connectivity index (χ0n) is 8.00. The molecule has 14 heavy (non-hydrogen) atoms. The number of phenolic OH excluding ortho intramolecular Hbond substituents is 1. The Morgan fingerprint density at radius 2 is 2.21 bits per heavy atom. The molecule has 0 aliphatic heterocycles. The second-order valence-electron chi connectivity index (χ2n) is 3.12. The first-order valence-electron chi connectivity index (χ1n) is 4.46. The van der Waals surface area contributed by atoms with Gasteiger partial charge in [0.15, 0.2) is 0 Å². The van der Waals surface area contributed by atoms with Gasteiger partial charge >= 0.3 is 0 Å². The van der Waals surface area contributed by atoms with E-state index in [1.165, 1.54) is 0 Å². The van der Waals surface area contributed by atoms with Gasteiger partial charge in [-0.3, -0.25) is 0 Å². The Hall–Kier alpha value is -0.330. The Morgan fingerprint density at radius 1 is 1.50 bits per heavy atom. The lowest BCUT2D eigenvalue weighted by atomic mass is 10.1. The third-order valence-electron chi connectivity index (χ3n) is 2.02. The molecule has 4 heteroatoms. The van der Waals surface area contributed by atoms with E-state index in [4.69, 9.17) is 0 Å². The summed E-state index contributed by atoms with van der Waals surface area (Å²) in [4.78, 5) is 0. The van der Waals surface area contributed by atoms with Crippen molar-refractivity contribution in [2.75, 3.05) is 13.6 Å². The van der Waals surface area contributed by atoms with Gasteiger partial charge in [-0.1, -0.05) is 6.07 Å². The highest BCUT2D eigenvalue weighted by Gasteiger charge is 2.08. The molecule has 0 aromatic heterocycles. The molecule has 1 aromatic carbocycles. The first kappa shape index (κ1) is 11.7. The Labute approximate surface area is 97.3 Å². The summed E-state index contributed by atoms with van der Waals surface area (Å²) in [7, 11) is 1.85. The van der Waals surface area contributed by atoms with E-state index >= 15 is 0 Å². The van der Waals surface area contributed by atoms with Crippen LogP contribution in [0.1, 0.15) is 18.1 Å². The smallest absolute Gasteiger partial charge is 0.129 e. The van der Waals surface area contributed by atoms with Crippen molar-refractivity contribution in [1.29, 1.82) is 0 Å². The number of hydrogen-bond acceptors (Lipinski definition) is 3. The van der Waals surface area contributed by atoms with Crippen LogP contribution in [0.15, 0.2) is 18.2 Å². The second-order valence-corrected chi connectivity index (χ2v) is 4.28. The van der Waals surface area contributed by atoms with Crippen molar-refractivity contribution in [3.63, 3.8) is 0 Å². The van der Waals surface area contributed by atoms with Gasteiger partial charge in [-0.15, -0.1) is 0 Å². The van der Waals surface area contributed by atoms with E-state index < -0.39 is 6.10 Å².